The summed E-state index contributed by atoms with van der Waals surface area (Å²) in [7, 11) is 0. The first-order valence-electron chi connectivity index (χ1n) is 5.75. The van der Waals surface area contributed by atoms with Gasteiger partial charge in [0.15, 0.2) is 5.82 Å². The van der Waals surface area contributed by atoms with Crippen molar-refractivity contribution in [2.75, 3.05) is 0 Å². The van der Waals surface area contributed by atoms with Crippen LogP contribution in [0.15, 0.2) is 22.7 Å². The van der Waals surface area contributed by atoms with Gasteiger partial charge in [-0.25, -0.2) is 0 Å². The molecular formula is C12H14BrClN4. The Hall–Kier alpha value is -0.910. The molecule has 0 bridgehead atoms. The molecule has 0 fully saturated rings. The fraction of sp³-hybridized carbons (Fsp3) is 0.333. The molecule has 2 rings (SSSR count). The summed E-state index contributed by atoms with van der Waals surface area (Å²) in [5, 5.41) is 9.02. The van der Waals surface area contributed by atoms with Gasteiger partial charge >= 0.3 is 0 Å². The Morgan fingerprint density at radius 3 is 2.83 bits per heavy atom. The molecule has 0 spiro atoms. The Morgan fingerprint density at radius 1 is 1.39 bits per heavy atom. The molecule has 0 aliphatic carbocycles. The minimum absolute atomic E-state index is 0.380. The molecule has 0 aliphatic rings. The normalized spacial score (nSPS) is 10.9. The van der Waals surface area contributed by atoms with Crippen LogP contribution >= 0.6 is 27.5 Å². The fourth-order valence-electron chi connectivity index (χ4n) is 1.81. The van der Waals surface area contributed by atoms with Gasteiger partial charge in [0.25, 0.3) is 0 Å². The van der Waals surface area contributed by atoms with Crippen LogP contribution in [0.25, 0.3) is 11.4 Å². The van der Waals surface area contributed by atoms with Crippen LogP contribution in [0.1, 0.15) is 19.2 Å². The van der Waals surface area contributed by atoms with Gasteiger partial charge in [-0.05, 0) is 24.6 Å². The van der Waals surface area contributed by atoms with Crippen LogP contribution in [0.2, 0.25) is 5.02 Å². The lowest BCUT2D eigenvalue weighted by molar-refractivity contribution is 0.644. The second-order valence-corrected chi connectivity index (χ2v) is 5.21. The van der Waals surface area contributed by atoms with E-state index in [0.29, 0.717) is 11.6 Å². The van der Waals surface area contributed by atoms with Gasteiger partial charge in [0.05, 0.1) is 6.54 Å². The highest BCUT2D eigenvalue weighted by atomic mass is 79.9. The van der Waals surface area contributed by atoms with Crippen LogP contribution in [0.5, 0.6) is 0 Å². The highest BCUT2D eigenvalue weighted by molar-refractivity contribution is 9.10. The Balaban J connectivity index is 2.56. The van der Waals surface area contributed by atoms with Gasteiger partial charge in [0.2, 0.25) is 0 Å². The van der Waals surface area contributed by atoms with Crippen molar-refractivity contribution in [3.8, 4) is 11.4 Å². The Labute approximate surface area is 119 Å². The van der Waals surface area contributed by atoms with Crippen molar-refractivity contribution < 1.29 is 0 Å². The van der Waals surface area contributed by atoms with Crippen molar-refractivity contribution in [1.29, 1.82) is 0 Å². The molecule has 96 valence electrons. The van der Waals surface area contributed by atoms with Gasteiger partial charge in [-0.1, -0.05) is 34.5 Å². The maximum atomic E-state index is 6.03. The summed E-state index contributed by atoms with van der Waals surface area (Å²) < 4.78 is 2.98. The van der Waals surface area contributed by atoms with Crippen LogP contribution in [0, 0.1) is 0 Å². The predicted molar refractivity (Wildman–Crippen MR) is 76.4 cm³/mol. The summed E-state index contributed by atoms with van der Waals surface area (Å²) >= 11 is 9.55. The van der Waals surface area contributed by atoms with Gasteiger partial charge in [-0.15, -0.1) is 10.2 Å². The van der Waals surface area contributed by atoms with Crippen LogP contribution in [-0.4, -0.2) is 14.8 Å². The summed E-state index contributed by atoms with van der Waals surface area (Å²) in [5.41, 5.74) is 6.61. The number of nitrogens with zero attached hydrogens (tertiary/aromatic N) is 3. The number of aromatic nitrogens is 3. The molecule has 18 heavy (non-hydrogen) atoms. The summed E-state index contributed by atoms with van der Waals surface area (Å²) in [6, 6.07) is 5.62. The van der Waals surface area contributed by atoms with Gasteiger partial charge in [0.1, 0.15) is 5.82 Å². The second-order valence-electron chi connectivity index (χ2n) is 3.92. The number of benzene rings is 1. The highest BCUT2D eigenvalue weighted by Crippen LogP contribution is 2.30. The third-order valence-corrected chi connectivity index (χ3v) is 3.55. The first-order chi connectivity index (χ1) is 8.67. The summed E-state index contributed by atoms with van der Waals surface area (Å²) in [6.07, 6.45) is 0.996. The first kappa shape index (κ1) is 13.5. The molecule has 1 heterocycles. The van der Waals surface area contributed by atoms with Crippen molar-refractivity contribution >= 4 is 27.5 Å². The molecule has 2 aromatic rings. The summed E-state index contributed by atoms with van der Waals surface area (Å²) in [4.78, 5) is 0. The van der Waals surface area contributed by atoms with E-state index in [2.05, 4.69) is 33.1 Å². The van der Waals surface area contributed by atoms with E-state index in [1.54, 1.807) is 0 Å². The van der Waals surface area contributed by atoms with Crippen molar-refractivity contribution in [3.63, 3.8) is 0 Å². The zero-order valence-corrected chi connectivity index (χ0v) is 12.4. The zero-order valence-electron chi connectivity index (χ0n) is 10.0. The van der Waals surface area contributed by atoms with E-state index in [0.717, 1.165) is 34.7 Å². The Morgan fingerprint density at radius 2 is 2.17 bits per heavy atom. The number of hydrogen-bond acceptors (Lipinski definition) is 3. The SMILES string of the molecule is CCCn1c(CN)nnc1-c1cc(Cl)ccc1Br. The molecule has 1 aromatic carbocycles. The lowest BCUT2D eigenvalue weighted by Crippen LogP contribution is -2.09. The quantitative estimate of drug-likeness (QED) is 0.937. The number of rotatable bonds is 4. The molecule has 0 unspecified atom stereocenters. The first-order valence-corrected chi connectivity index (χ1v) is 6.92. The monoisotopic (exact) mass is 328 g/mol. The predicted octanol–water partition coefficient (Wildman–Crippen LogP) is 3.23. The zero-order chi connectivity index (χ0) is 13.1. The van der Waals surface area contributed by atoms with Crippen molar-refractivity contribution in [2.45, 2.75) is 26.4 Å². The molecular weight excluding hydrogens is 316 g/mol. The molecule has 4 nitrogen and oxygen atoms in total. The minimum atomic E-state index is 0.380. The maximum Gasteiger partial charge on any atom is 0.165 e. The minimum Gasteiger partial charge on any atom is -0.324 e. The van der Waals surface area contributed by atoms with Crippen molar-refractivity contribution in [1.82, 2.24) is 14.8 Å². The van der Waals surface area contributed by atoms with Gasteiger partial charge in [-0.2, -0.15) is 0 Å². The number of hydrogen-bond donors (Lipinski definition) is 1. The standard InChI is InChI=1S/C12H14BrClN4/c1-2-5-18-11(7-15)16-17-12(18)9-6-8(14)3-4-10(9)13/h3-4,6H,2,5,7,15H2,1H3. The van der Waals surface area contributed by atoms with E-state index in [-0.39, 0.29) is 0 Å². The molecule has 0 saturated heterocycles. The Bertz CT molecular complexity index is 553. The largest absolute Gasteiger partial charge is 0.324 e. The van der Waals surface area contributed by atoms with Gasteiger partial charge in [-0.3, -0.25) is 0 Å². The van der Waals surface area contributed by atoms with E-state index >= 15 is 0 Å². The highest BCUT2D eigenvalue weighted by Gasteiger charge is 2.14. The summed E-state index contributed by atoms with van der Waals surface area (Å²) in [5.74, 6) is 1.59. The van der Waals surface area contributed by atoms with Crippen LogP contribution in [0.4, 0.5) is 0 Å². The molecule has 2 N–H and O–H groups in total. The molecule has 0 atom stereocenters. The Kier molecular flexibility index (Phi) is 4.37. The summed E-state index contributed by atoms with van der Waals surface area (Å²) in [6.45, 7) is 3.33. The van der Waals surface area contributed by atoms with Gasteiger partial charge in [0, 0.05) is 21.6 Å². The molecule has 1 aromatic heterocycles. The molecule has 0 aliphatic heterocycles. The average molecular weight is 330 g/mol. The molecule has 6 heteroatoms. The van der Waals surface area contributed by atoms with Crippen LogP contribution in [0.3, 0.4) is 0 Å². The van der Waals surface area contributed by atoms with Crippen molar-refractivity contribution in [2.24, 2.45) is 5.73 Å². The lowest BCUT2D eigenvalue weighted by atomic mass is 10.2. The second kappa shape index (κ2) is 5.82. The van der Waals surface area contributed by atoms with E-state index < -0.39 is 0 Å². The lowest BCUT2D eigenvalue weighted by Gasteiger charge is -2.09. The molecule has 0 saturated carbocycles. The third kappa shape index (κ3) is 2.58. The van der Waals surface area contributed by atoms with E-state index in [4.69, 9.17) is 17.3 Å². The van der Waals surface area contributed by atoms with E-state index in [1.807, 2.05) is 22.8 Å². The maximum absolute atomic E-state index is 6.03. The van der Waals surface area contributed by atoms with E-state index in [1.165, 1.54) is 0 Å². The number of nitrogens with two attached hydrogens (primary N) is 1. The topological polar surface area (TPSA) is 56.7 Å². The van der Waals surface area contributed by atoms with E-state index in [9.17, 15) is 0 Å². The third-order valence-electron chi connectivity index (χ3n) is 2.63. The molecule has 0 amide bonds. The van der Waals surface area contributed by atoms with Gasteiger partial charge < -0.3 is 10.3 Å². The number of halogens is 2. The van der Waals surface area contributed by atoms with Crippen LogP contribution < -0.4 is 5.73 Å². The molecule has 0 radical (unpaired) electrons. The van der Waals surface area contributed by atoms with Crippen molar-refractivity contribution in [3.05, 3.63) is 33.5 Å². The van der Waals surface area contributed by atoms with Crippen LogP contribution in [-0.2, 0) is 13.1 Å². The smallest absolute Gasteiger partial charge is 0.165 e. The average Bonchev–Trinajstić information content (AvgIpc) is 2.76. The fourth-order valence-corrected chi connectivity index (χ4v) is 2.41.